The number of nitrogens with zero attached hydrogens (tertiary/aromatic N) is 2. The van der Waals surface area contributed by atoms with E-state index in [1.165, 1.54) is 17.3 Å². The molecule has 0 amide bonds. The molecule has 2 rings (SSSR count). The molecule has 4 N–H and O–H groups in total. The lowest BCUT2D eigenvalue weighted by atomic mass is 9.87. The van der Waals surface area contributed by atoms with Gasteiger partial charge in [-0.15, -0.1) is 0 Å². The number of aromatic nitrogens is 2. The van der Waals surface area contributed by atoms with Crippen molar-refractivity contribution in [3.05, 3.63) is 35.9 Å². The molecular formula is C15H21N5S. The van der Waals surface area contributed by atoms with Gasteiger partial charge >= 0.3 is 0 Å². The first-order chi connectivity index (χ1) is 9.92. The van der Waals surface area contributed by atoms with E-state index in [4.69, 9.17) is 5.84 Å². The third-order valence-corrected chi connectivity index (χ3v) is 3.61. The summed E-state index contributed by atoms with van der Waals surface area (Å²) in [6, 6.07) is 10.1. The number of benzene rings is 1. The summed E-state index contributed by atoms with van der Waals surface area (Å²) in [7, 11) is 0. The van der Waals surface area contributed by atoms with Crippen molar-refractivity contribution < 1.29 is 0 Å². The molecule has 5 nitrogen and oxygen atoms in total. The Kier molecular flexibility index (Phi) is 4.69. The number of nitrogens with two attached hydrogens (primary N) is 1. The van der Waals surface area contributed by atoms with Gasteiger partial charge in [-0.3, -0.25) is 0 Å². The van der Waals surface area contributed by atoms with Gasteiger partial charge in [0.25, 0.3) is 0 Å². The Morgan fingerprint density at radius 1 is 1.05 bits per heavy atom. The predicted octanol–water partition coefficient (Wildman–Crippen LogP) is 3.53. The van der Waals surface area contributed by atoms with Gasteiger partial charge in [0, 0.05) is 11.8 Å². The van der Waals surface area contributed by atoms with Crippen LogP contribution in [0.5, 0.6) is 0 Å². The minimum absolute atomic E-state index is 0.149. The number of nitrogen functional groups attached to an aromatic ring is 1. The van der Waals surface area contributed by atoms with Crippen molar-refractivity contribution in [2.45, 2.75) is 31.3 Å². The maximum atomic E-state index is 5.43. The Morgan fingerprint density at radius 2 is 1.67 bits per heavy atom. The SMILES string of the molecule is CSc1nc(NN)cc(Nc2ccc(C(C)(C)C)cc2)n1. The lowest BCUT2D eigenvalue weighted by Crippen LogP contribution is -2.11. The van der Waals surface area contributed by atoms with Crippen molar-refractivity contribution in [2.24, 2.45) is 5.84 Å². The number of anilines is 3. The molecule has 0 saturated heterocycles. The van der Waals surface area contributed by atoms with Crippen LogP contribution in [0.1, 0.15) is 26.3 Å². The van der Waals surface area contributed by atoms with Crippen LogP contribution in [-0.2, 0) is 5.41 Å². The Hall–Kier alpha value is -1.79. The van der Waals surface area contributed by atoms with E-state index < -0.39 is 0 Å². The normalized spacial score (nSPS) is 11.3. The van der Waals surface area contributed by atoms with Gasteiger partial charge in [-0.1, -0.05) is 44.7 Å². The molecule has 6 heteroatoms. The molecule has 1 aromatic carbocycles. The van der Waals surface area contributed by atoms with Gasteiger partial charge in [-0.25, -0.2) is 15.8 Å². The highest BCUT2D eigenvalue weighted by molar-refractivity contribution is 7.98. The Balaban J connectivity index is 2.22. The number of nitrogens with one attached hydrogen (secondary N) is 2. The number of hydrazine groups is 1. The summed E-state index contributed by atoms with van der Waals surface area (Å²) in [4.78, 5) is 8.65. The molecule has 0 fully saturated rings. The standard InChI is InChI=1S/C15H21N5S/c1-15(2,3)10-5-7-11(8-6-10)17-12-9-13(20-16)19-14(18-12)21-4/h5-9H,16H2,1-4H3,(H2,17,18,19,20). The summed E-state index contributed by atoms with van der Waals surface area (Å²) in [5.41, 5.74) is 4.98. The van der Waals surface area contributed by atoms with Gasteiger partial charge in [-0.05, 0) is 29.4 Å². The summed E-state index contributed by atoms with van der Waals surface area (Å²) in [5.74, 6) is 6.73. The zero-order chi connectivity index (χ0) is 15.5. The first-order valence-electron chi connectivity index (χ1n) is 6.69. The van der Waals surface area contributed by atoms with E-state index in [2.05, 4.69) is 65.7 Å². The second-order valence-electron chi connectivity index (χ2n) is 5.72. The molecular weight excluding hydrogens is 282 g/mol. The molecule has 0 unspecified atom stereocenters. The van der Waals surface area contributed by atoms with Gasteiger partial charge in [0.2, 0.25) is 0 Å². The van der Waals surface area contributed by atoms with E-state index in [-0.39, 0.29) is 5.41 Å². The van der Waals surface area contributed by atoms with Crippen LogP contribution < -0.4 is 16.6 Å². The summed E-state index contributed by atoms with van der Waals surface area (Å²) in [6.07, 6.45) is 1.93. The second kappa shape index (κ2) is 6.32. The average Bonchev–Trinajstić information content (AvgIpc) is 2.46. The van der Waals surface area contributed by atoms with Gasteiger partial charge in [0.05, 0.1) is 0 Å². The molecule has 1 aromatic heterocycles. The highest BCUT2D eigenvalue weighted by Gasteiger charge is 2.13. The monoisotopic (exact) mass is 303 g/mol. The fraction of sp³-hybridized carbons (Fsp3) is 0.333. The molecule has 112 valence electrons. The molecule has 21 heavy (non-hydrogen) atoms. The average molecular weight is 303 g/mol. The van der Waals surface area contributed by atoms with E-state index >= 15 is 0 Å². The van der Waals surface area contributed by atoms with Crippen LogP contribution in [0, 0.1) is 0 Å². The minimum atomic E-state index is 0.149. The van der Waals surface area contributed by atoms with Crippen LogP contribution >= 0.6 is 11.8 Å². The maximum Gasteiger partial charge on any atom is 0.191 e. The van der Waals surface area contributed by atoms with Crippen LogP contribution in [0.3, 0.4) is 0 Å². The summed E-state index contributed by atoms with van der Waals surface area (Å²) < 4.78 is 0. The van der Waals surface area contributed by atoms with Gasteiger partial charge in [-0.2, -0.15) is 0 Å². The van der Waals surface area contributed by atoms with Crippen molar-refractivity contribution in [3.8, 4) is 0 Å². The van der Waals surface area contributed by atoms with Crippen molar-refractivity contribution in [1.29, 1.82) is 0 Å². The number of hydrogen-bond donors (Lipinski definition) is 3. The van der Waals surface area contributed by atoms with E-state index in [1.54, 1.807) is 6.07 Å². The lowest BCUT2D eigenvalue weighted by molar-refractivity contribution is 0.590. The quantitative estimate of drug-likeness (QED) is 0.347. The number of thioether (sulfide) groups is 1. The smallest absolute Gasteiger partial charge is 0.191 e. The van der Waals surface area contributed by atoms with E-state index in [1.807, 2.05) is 6.26 Å². The van der Waals surface area contributed by atoms with Gasteiger partial charge in [0.1, 0.15) is 11.6 Å². The Labute approximate surface area is 129 Å². The van der Waals surface area contributed by atoms with Crippen molar-refractivity contribution in [2.75, 3.05) is 17.0 Å². The van der Waals surface area contributed by atoms with Crippen LogP contribution in [0.25, 0.3) is 0 Å². The highest BCUT2D eigenvalue weighted by atomic mass is 32.2. The van der Waals surface area contributed by atoms with Crippen molar-refractivity contribution in [3.63, 3.8) is 0 Å². The molecule has 0 aliphatic rings. The predicted molar refractivity (Wildman–Crippen MR) is 90.0 cm³/mol. The molecule has 0 bridgehead atoms. The minimum Gasteiger partial charge on any atom is -0.340 e. The molecule has 0 aliphatic heterocycles. The third kappa shape index (κ3) is 4.09. The fourth-order valence-corrected chi connectivity index (χ4v) is 2.24. The van der Waals surface area contributed by atoms with Crippen LogP contribution in [-0.4, -0.2) is 16.2 Å². The zero-order valence-electron chi connectivity index (χ0n) is 12.8. The van der Waals surface area contributed by atoms with Crippen LogP contribution in [0.15, 0.2) is 35.5 Å². The van der Waals surface area contributed by atoms with Crippen LogP contribution in [0.4, 0.5) is 17.3 Å². The molecule has 0 spiro atoms. The summed E-state index contributed by atoms with van der Waals surface area (Å²) >= 11 is 1.47. The first-order valence-corrected chi connectivity index (χ1v) is 7.92. The summed E-state index contributed by atoms with van der Waals surface area (Å²) in [5, 5.41) is 3.94. The molecule has 1 heterocycles. The summed E-state index contributed by atoms with van der Waals surface area (Å²) in [6.45, 7) is 6.59. The molecule has 0 aliphatic carbocycles. The van der Waals surface area contributed by atoms with E-state index in [9.17, 15) is 0 Å². The number of rotatable bonds is 4. The number of hydrogen-bond acceptors (Lipinski definition) is 6. The highest BCUT2D eigenvalue weighted by Crippen LogP contribution is 2.25. The zero-order valence-corrected chi connectivity index (χ0v) is 13.6. The molecule has 0 atom stereocenters. The largest absolute Gasteiger partial charge is 0.340 e. The fourth-order valence-electron chi connectivity index (χ4n) is 1.86. The van der Waals surface area contributed by atoms with E-state index in [0.717, 1.165) is 5.69 Å². The Morgan fingerprint density at radius 3 is 2.19 bits per heavy atom. The van der Waals surface area contributed by atoms with Gasteiger partial charge in [0.15, 0.2) is 5.16 Å². The third-order valence-electron chi connectivity index (χ3n) is 3.06. The van der Waals surface area contributed by atoms with Crippen LogP contribution in [0.2, 0.25) is 0 Å². The molecule has 0 radical (unpaired) electrons. The molecule has 2 aromatic rings. The van der Waals surface area contributed by atoms with Crippen molar-refractivity contribution in [1.82, 2.24) is 9.97 Å². The topological polar surface area (TPSA) is 75.9 Å². The van der Waals surface area contributed by atoms with E-state index in [0.29, 0.717) is 16.8 Å². The first kappa shape index (κ1) is 15.6. The second-order valence-corrected chi connectivity index (χ2v) is 6.50. The van der Waals surface area contributed by atoms with Crippen molar-refractivity contribution >= 4 is 29.1 Å². The maximum absolute atomic E-state index is 5.43. The molecule has 0 saturated carbocycles. The lowest BCUT2D eigenvalue weighted by Gasteiger charge is -2.19. The Bertz CT molecular complexity index is 582. The van der Waals surface area contributed by atoms with Gasteiger partial charge < -0.3 is 10.7 Å².